The van der Waals surface area contributed by atoms with Crippen molar-refractivity contribution in [2.24, 2.45) is 13.0 Å². The molecule has 0 bridgehead atoms. The molecule has 2 N–H and O–H groups in total. The highest BCUT2D eigenvalue weighted by Gasteiger charge is 2.28. The molecule has 1 aliphatic rings. The van der Waals surface area contributed by atoms with Gasteiger partial charge in [0.2, 0.25) is 0 Å². The minimum absolute atomic E-state index is 0.230. The summed E-state index contributed by atoms with van der Waals surface area (Å²) in [5.41, 5.74) is 3.74. The van der Waals surface area contributed by atoms with E-state index in [1.165, 1.54) is 0 Å². The molecular formula is C25H30N6O3. The first kappa shape index (κ1) is 22.2. The van der Waals surface area contributed by atoms with E-state index in [9.17, 15) is 5.11 Å². The van der Waals surface area contributed by atoms with Crippen LogP contribution in [0.4, 0.5) is 5.82 Å². The number of nitrogens with one attached hydrogen (secondary N) is 1. The minimum Gasteiger partial charge on any atom is -0.497 e. The van der Waals surface area contributed by atoms with Crippen molar-refractivity contribution in [3.8, 4) is 22.8 Å². The zero-order valence-corrected chi connectivity index (χ0v) is 19.7. The Hall–Kier alpha value is -3.59. The minimum atomic E-state index is 0.230. The summed E-state index contributed by atoms with van der Waals surface area (Å²) in [4.78, 5) is 9.27. The van der Waals surface area contributed by atoms with Crippen LogP contribution in [-0.4, -0.2) is 50.2 Å². The SMILES string of the molecule is COc1ccc(CNc2ncnc3c2c(-c2ccn(C)n2)cn3C2CCC(CO)C2)c(OC)c1. The fraction of sp³-hybridized carbons (Fsp3) is 0.400. The average Bonchev–Trinajstić information content (AvgIpc) is 3.60. The molecule has 0 radical (unpaired) electrons. The second-order valence-electron chi connectivity index (χ2n) is 8.79. The molecule has 3 aromatic heterocycles. The van der Waals surface area contributed by atoms with Gasteiger partial charge in [0.25, 0.3) is 0 Å². The number of aryl methyl sites for hydroxylation is 1. The van der Waals surface area contributed by atoms with Crippen molar-refractivity contribution in [3.05, 3.63) is 48.5 Å². The quantitative estimate of drug-likeness (QED) is 0.411. The van der Waals surface area contributed by atoms with Gasteiger partial charge < -0.3 is 24.5 Å². The fourth-order valence-electron chi connectivity index (χ4n) is 4.89. The summed E-state index contributed by atoms with van der Waals surface area (Å²) >= 11 is 0. The maximum atomic E-state index is 9.65. The lowest BCUT2D eigenvalue weighted by Gasteiger charge is -2.14. The van der Waals surface area contributed by atoms with Crippen LogP contribution in [-0.2, 0) is 13.6 Å². The molecule has 4 aromatic rings. The Morgan fingerprint density at radius 1 is 1.15 bits per heavy atom. The first-order valence-corrected chi connectivity index (χ1v) is 11.5. The molecule has 9 nitrogen and oxygen atoms in total. The number of methoxy groups -OCH3 is 2. The molecule has 2 unspecified atom stereocenters. The third-order valence-electron chi connectivity index (χ3n) is 6.70. The summed E-state index contributed by atoms with van der Waals surface area (Å²) in [5.74, 6) is 2.58. The summed E-state index contributed by atoms with van der Waals surface area (Å²) in [6, 6.07) is 8.08. The molecule has 0 amide bonds. The second-order valence-corrected chi connectivity index (χ2v) is 8.79. The summed E-state index contributed by atoms with van der Waals surface area (Å²) in [7, 11) is 5.21. The summed E-state index contributed by atoms with van der Waals surface area (Å²) < 4.78 is 14.9. The Morgan fingerprint density at radius 3 is 2.74 bits per heavy atom. The van der Waals surface area contributed by atoms with Crippen LogP contribution in [0.1, 0.15) is 30.9 Å². The molecule has 0 aliphatic heterocycles. The number of benzene rings is 1. The van der Waals surface area contributed by atoms with Crippen molar-refractivity contribution >= 4 is 16.9 Å². The summed E-state index contributed by atoms with van der Waals surface area (Å²) in [5, 5.41) is 18.7. The molecule has 178 valence electrons. The highest BCUT2D eigenvalue weighted by Crippen LogP contribution is 2.40. The molecule has 9 heteroatoms. The summed E-state index contributed by atoms with van der Waals surface area (Å²) in [6.07, 6.45) is 8.67. The summed E-state index contributed by atoms with van der Waals surface area (Å²) in [6.45, 7) is 0.760. The van der Waals surface area contributed by atoms with Gasteiger partial charge in [-0.2, -0.15) is 5.10 Å². The maximum Gasteiger partial charge on any atom is 0.146 e. The van der Waals surface area contributed by atoms with Gasteiger partial charge in [0.1, 0.15) is 29.3 Å². The van der Waals surface area contributed by atoms with Crippen molar-refractivity contribution in [1.82, 2.24) is 24.3 Å². The van der Waals surface area contributed by atoms with Crippen molar-refractivity contribution in [3.63, 3.8) is 0 Å². The van der Waals surface area contributed by atoms with E-state index < -0.39 is 0 Å². The van der Waals surface area contributed by atoms with Crippen molar-refractivity contribution in [2.75, 3.05) is 26.1 Å². The maximum absolute atomic E-state index is 9.65. The molecule has 34 heavy (non-hydrogen) atoms. The Labute approximate surface area is 198 Å². The van der Waals surface area contributed by atoms with Gasteiger partial charge in [-0.3, -0.25) is 4.68 Å². The molecule has 5 rings (SSSR count). The average molecular weight is 463 g/mol. The first-order chi connectivity index (χ1) is 16.6. The van der Waals surface area contributed by atoms with E-state index in [1.54, 1.807) is 25.2 Å². The Kier molecular flexibility index (Phi) is 6.10. The van der Waals surface area contributed by atoms with Gasteiger partial charge in [0, 0.05) is 55.8 Å². The number of hydrogen-bond donors (Lipinski definition) is 2. The molecule has 2 atom stereocenters. The number of aliphatic hydroxyl groups is 1. The van der Waals surface area contributed by atoms with Gasteiger partial charge in [0.15, 0.2) is 0 Å². The van der Waals surface area contributed by atoms with Gasteiger partial charge in [-0.15, -0.1) is 0 Å². The lowest BCUT2D eigenvalue weighted by atomic mass is 10.1. The number of aliphatic hydroxyl groups excluding tert-OH is 1. The number of fused-ring (bicyclic) bond motifs is 1. The number of aromatic nitrogens is 5. The smallest absolute Gasteiger partial charge is 0.146 e. The number of anilines is 1. The van der Waals surface area contributed by atoms with Crippen molar-refractivity contribution < 1.29 is 14.6 Å². The fourth-order valence-corrected chi connectivity index (χ4v) is 4.89. The highest BCUT2D eigenvalue weighted by molar-refractivity contribution is 6.00. The zero-order chi connectivity index (χ0) is 23.7. The van der Waals surface area contributed by atoms with Crippen molar-refractivity contribution in [1.29, 1.82) is 0 Å². The van der Waals surface area contributed by atoms with Gasteiger partial charge in [-0.25, -0.2) is 9.97 Å². The standard InChI is InChI=1S/C25H30N6O3/c1-30-9-8-21(29-30)20-13-31(18-6-4-16(10-18)14-32)25-23(20)24(27-15-28-25)26-12-17-5-7-19(33-2)11-22(17)34-3/h5,7-9,11,13,15-16,18,32H,4,6,10,12,14H2,1-3H3,(H,26,27,28). The van der Waals surface area contributed by atoms with Crippen molar-refractivity contribution in [2.45, 2.75) is 31.8 Å². The lowest BCUT2D eigenvalue weighted by molar-refractivity contribution is 0.226. The van der Waals surface area contributed by atoms with Gasteiger partial charge >= 0.3 is 0 Å². The topological polar surface area (TPSA) is 99.2 Å². The van der Waals surface area contributed by atoms with Gasteiger partial charge in [0.05, 0.1) is 25.3 Å². The number of ether oxygens (including phenoxy) is 2. The third kappa shape index (κ3) is 4.07. The predicted octanol–water partition coefficient (Wildman–Crippen LogP) is 3.79. The van der Waals surface area contributed by atoms with Crippen LogP contribution in [0.15, 0.2) is 43.0 Å². The van der Waals surface area contributed by atoms with Gasteiger partial charge in [-0.1, -0.05) is 0 Å². The molecule has 1 fully saturated rings. The van der Waals surface area contributed by atoms with E-state index in [0.29, 0.717) is 18.5 Å². The number of nitrogens with zero attached hydrogens (tertiary/aromatic N) is 5. The molecule has 1 saturated carbocycles. The molecule has 0 saturated heterocycles. The van der Waals surface area contributed by atoms with Crippen LogP contribution in [0.2, 0.25) is 0 Å². The van der Waals surface area contributed by atoms with Crippen LogP contribution < -0.4 is 14.8 Å². The normalized spacial score (nSPS) is 17.9. The number of hydrogen-bond acceptors (Lipinski definition) is 7. The van der Waals surface area contributed by atoms with E-state index in [0.717, 1.165) is 64.4 Å². The molecule has 1 aromatic carbocycles. The van der Waals surface area contributed by atoms with Crippen LogP contribution >= 0.6 is 0 Å². The van der Waals surface area contributed by atoms with Crippen LogP contribution in [0.25, 0.3) is 22.3 Å². The zero-order valence-electron chi connectivity index (χ0n) is 19.7. The van der Waals surface area contributed by atoms with Gasteiger partial charge in [-0.05, 0) is 43.4 Å². The predicted molar refractivity (Wildman–Crippen MR) is 130 cm³/mol. The number of rotatable bonds is 8. The Morgan fingerprint density at radius 2 is 2.03 bits per heavy atom. The monoisotopic (exact) mass is 462 g/mol. The molecule has 1 aliphatic carbocycles. The first-order valence-electron chi connectivity index (χ1n) is 11.5. The lowest BCUT2D eigenvalue weighted by Crippen LogP contribution is -2.08. The second kappa shape index (κ2) is 9.34. The van der Waals surface area contributed by atoms with E-state index in [-0.39, 0.29) is 6.61 Å². The molecule has 3 heterocycles. The Bertz CT molecular complexity index is 1300. The third-order valence-corrected chi connectivity index (χ3v) is 6.70. The molecular weight excluding hydrogens is 432 g/mol. The Balaban J connectivity index is 1.55. The largest absolute Gasteiger partial charge is 0.497 e. The van der Waals surface area contributed by atoms with E-state index in [1.807, 2.05) is 37.5 Å². The van der Waals surface area contributed by atoms with E-state index in [4.69, 9.17) is 9.47 Å². The highest BCUT2D eigenvalue weighted by atomic mass is 16.5. The van der Waals surface area contributed by atoms with Crippen LogP contribution in [0.3, 0.4) is 0 Å². The molecule has 0 spiro atoms. The van der Waals surface area contributed by atoms with E-state index in [2.05, 4.69) is 31.1 Å². The van der Waals surface area contributed by atoms with Crippen LogP contribution in [0, 0.1) is 5.92 Å². The van der Waals surface area contributed by atoms with Crippen LogP contribution in [0.5, 0.6) is 11.5 Å². The van der Waals surface area contributed by atoms with E-state index >= 15 is 0 Å².